The van der Waals surface area contributed by atoms with E-state index in [0.717, 1.165) is 57.4 Å². The van der Waals surface area contributed by atoms with Crippen LogP contribution in [0.3, 0.4) is 0 Å². The van der Waals surface area contributed by atoms with Crippen molar-refractivity contribution in [1.82, 2.24) is 14.3 Å². The molecule has 0 amide bonds. The van der Waals surface area contributed by atoms with Gasteiger partial charge in [-0.1, -0.05) is 26.2 Å². The van der Waals surface area contributed by atoms with Crippen molar-refractivity contribution in [2.45, 2.75) is 70.4 Å². The van der Waals surface area contributed by atoms with Crippen LogP contribution in [0, 0.1) is 5.92 Å². The van der Waals surface area contributed by atoms with Gasteiger partial charge in [-0.2, -0.15) is 17.4 Å². The summed E-state index contributed by atoms with van der Waals surface area (Å²) < 4.78 is 30.1. The maximum absolute atomic E-state index is 12.7. The Morgan fingerprint density at radius 1 is 1.05 bits per heavy atom. The Balaban J connectivity index is 1.98. The van der Waals surface area contributed by atoms with Crippen molar-refractivity contribution >= 4 is 10.2 Å². The first-order chi connectivity index (χ1) is 10.0. The molecule has 0 aromatic carbocycles. The molecule has 0 aromatic rings. The average molecular weight is 317 g/mol. The molecule has 3 unspecified atom stereocenters. The van der Waals surface area contributed by atoms with E-state index in [4.69, 9.17) is 0 Å². The lowest BCUT2D eigenvalue weighted by atomic mass is 10.0. The van der Waals surface area contributed by atoms with Crippen molar-refractivity contribution in [3.05, 3.63) is 0 Å². The molecule has 0 aromatic heterocycles. The molecular formula is C15H31N3O2S. The molecule has 0 bridgehead atoms. The van der Waals surface area contributed by atoms with Crippen LogP contribution >= 0.6 is 0 Å². The summed E-state index contributed by atoms with van der Waals surface area (Å²) in [6.45, 7) is 3.66. The molecule has 0 radical (unpaired) electrons. The van der Waals surface area contributed by atoms with Crippen molar-refractivity contribution in [2.24, 2.45) is 5.92 Å². The van der Waals surface area contributed by atoms with Crippen LogP contribution < -0.4 is 10.0 Å². The minimum atomic E-state index is -3.34. The quantitative estimate of drug-likeness (QED) is 0.761. The Bertz CT molecular complexity index is 411. The molecular weight excluding hydrogens is 286 g/mol. The summed E-state index contributed by atoms with van der Waals surface area (Å²) in [6.07, 6.45) is 8.51. The lowest BCUT2D eigenvalue weighted by Crippen LogP contribution is -2.53. The first kappa shape index (κ1) is 17.2. The van der Waals surface area contributed by atoms with E-state index >= 15 is 0 Å². The van der Waals surface area contributed by atoms with Crippen LogP contribution in [0.2, 0.25) is 0 Å². The Kier molecular flexibility index (Phi) is 6.47. The second kappa shape index (κ2) is 7.90. The van der Waals surface area contributed by atoms with E-state index in [1.54, 1.807) is 4.31 Å². The van der Waals surface area contributed by atoms with Crippen molar-refractivity contribution in [1.29, 1.82) is 0 Å². The summed E-state index contributed by atoms with van der Waals surface area (Å²) in [5, 5.41) is 3.13. The van der Waals surface area contributed by atoms with Crippen molar-refractivity contribution in [3.8, 4) is 0 Å². The van der Waals surface area contributed by atoms with Crippen molar-refractivity contribution in [2.75, 3.05) is 20.1 Å². The standard InChI is InChI=1S/C15H31N3O2S/c1-13-6-5-7-14(10-9-13)17-21(19,20)18-11-4-3-8-15(18)12-16-2/h13-17H,3-12H2,1-2H3. The fourth-order valence-corrected chi connectivity index (χ4v) is 5.35. The summed E-state index contributed by atoms with van der Waals surface area (Å²) >= 11 is 0. The van der Waals surface area contributed by atoms with Crippen LogP contribution in [0.15, 0.2) is 0 Å². The van der Waals surface area contributed by atoms with Gasteiger partial charge in [0.25, 0.3) is 10.2 Å². The number of nitrogens with one attached hydrogen (secondary N) is 2. The number of rotatable bonds is 5. The van der Waals surface area contributed by atoms with E-state index in [1.807, 2.05) is 7.05 Å². The van der Waals surface area contributed by atoms with Crippen LogP contribution in [0.4, 0.5) is 0 Å². The molecule has 0 spiro atoms. The van der Waals surface area contributed by atoms with Gasteiger partial charge in [0.2, 0.25) is 0 Å². The normalized spacial score (nSPS) is 32.8. The molecule has 1 saturated carbocycles. The van der Waals surface area contributed by atoms with E-state index in [9.17, 15) is 8.42 Å². The summed E-state index contributed by atoms with van der Waals surface area (Å²) in [4.78, 5) is 0. The predicted octanol–water partition coefficient (Wildman–Crippen LogP) is 1.86. The smallest absolute Gasteiger partial charge is 0.279 e. The van der Waals surface area contributed by atoms with Gasteiger partial charge in [0.1, 0.15) is 0 Å². The number of hydrogen-bond acceptors (Lipinski definition) is 3. The third kappa shape index (κ3) is 4.91. The predicted molar refractivity (Wildman–Crippen MR) is 86.4 cm³/mol. The van der Waals surface area contributed by atoms with Gasteiger partial charge in [-0.25, -0.2) is 0 Å². The molecule has 1 saturated heterocycles. The molecule has 1 heterocycles. The SMILES string of the molecule is CNCC1CCCCN1S(=O)(=O)NC1CCCC(C)CC1. The largest absolute Gasteiger partial charge is 0.318 e. The van der Waals surface area contributed by atoms with E-state index < -0.39 is 10.2 Å². The van der Waals surface area contributed by atoms with Crippen LogP contribution in [0.25, 0.3) is 0 Å². The van der Waals surface area contributed by atoms with Gasteiger partial charge >= 0.3 is 0 Å². The Hall–Kier alpha value is -0.170. The number of hydrogen-bond donors (Lipinski definition) is 2. The highest BCUT2D eigenvalue weighted by atomic mass is 32.2. The Morgan fingerprint density at radius 3 is 2.62 bits per heavy atom. The fraction of sp³-hybridized carbons (Fsp3) is 1.00. The molecule has 21 heavy (non-hydrogen) atoms. The minimum Gasteiger partial charge on any atom is -0.318 e. The van der Waals surface area contributed by atoms with Gasteiger partial charge in [0.05, 0.1) is 0 Å². The maximum atomic E-state index is 12.7. The molecule has 2 N–H and O–H groups in total. The van der Waals surface area contributed by atoms with E-state index in [-0.39, 0.29) is 12.1 Å². The van der Waals surface area contributed by atoms with Crippen LogP contribution in [0.5, 0.6) is 0 Å². The molecule has 2 aliphatic rings. The minimum absolute atomic E-state index is 0.103. The highest BCUT2D eigenvalue weighted by Crippen LogP contribution is 2.25. The summed E-state index contributed by atoms with van der Waals surface area (Å²) in [5.74, 6) is 0.728. The molecule has 1 aliphatic carbocycles. The highest BCUT2D eigenvalue weighted by molar-refractivity contribution is 7.87. The van der Waals surface area contributed by atoms with Crippen LogP contribution in [0.1, 0.15) is 58.3 Å². The van der Waals surface area contributed by atoms with Crippen molar-refractivity contribution in [3.63, 3.8) is 0 Å². The topological polar surface area (TPSA) is 61.4 Å². The highest BCUT2D eigenvalue weighted by Gasteiger charge is 2.33. The van der Waals surface area contributed by atoms with Gasteiger partial charge < -0.3 is 5.32 Å². The van der Waals surface area contributed by atoms with Gasteiger partial charge in [0.15, 0.2) is 0 Å². The second-order valence-corrected chi connectivity index (χ2v) is 8.41. The van der Waals surface area contributed by atoms with Crippen molar-refractivity contribution < 1.29 is 8.42 Å². The Morgan fingerprint density at radius 2 is 1.86 bits per heavy atom. The summed E-state index contributed by atoms with van der Waals surface area (Å²) in [7, 11) is -1.46. The van der Waals surface area contributed by atoms with Gasteiger partial charge in [-0.15, -0.1) is 0 Å². The van der Waals surface area contributed by atoms with Crippen LogP contribution in [-0.4, -0.2) is 44.9 Å². The Labute approximate surface area is 130 Å². The molecule has 3 atom stereocenters. The second-order valence-electron chi connectivity index (χ2n) is 6.75. The third-order valence-electron chi connectivity index (χ3n) is 4.89. The zero-order chi connectivity index (χ0) is 15.3. The molecule has 1 aliphatic heterocycles. The summed E-state index contributed by atoms with van der Waals surface area (Å²) in [5.41, 5.74) is 0. The monoisotopic (exact) mass is 317 g/mol. The zero-order valence-electron chi connectivity index (χ0n) is 13.5. The molecule has 124 valence electrons. The fourth-order valence-electron chi connectivity index (χ4n) is 3.61. The molecule has 2 fully saturated rings. The summed E-state index contributed by atoms with van der Waals surface area (Å²) in [6, 6.07) is 0.225. The number of likely N-dealkylation sites (N-methyl/N-ethyl adjacent to an activating group) is 1. The molecule has 6 heteroatoms. The number of piperidine rings is 1. The maximum Gasteiger partial charge on any atom is 0.279 e. The van der Waals surface area contributed by atoms with Crippen LogP contribution in [-0.2, 0) is 10.2 Å². The number of nitrogens with zero attached hydrogens (tertiary/aromatic N) is 1. The molecule has 2 rings (SSSR count). The van der Waals surface area contributed by atoms with Gasteiger partial charge in [0, 0.05) is 25.2 Å². The van der Waals surface area contributed by atoms with Gasteiger partial charge in [-0.05, 0) is 45.1 Å². The van der Waals surface area contributed by atoms with Gasteiger partial charge in [-0.3, -0.25) is 0 Å². The zero-order valence-corrected chi connectivity index (χ0v) is 14.3. The molecule has 5 nitrogen and oxygen atoms in total. The average Bonchev–Trinajstić information content (AvgIpc) is 2.64. The van der Waals surface area contributed by atoms with E-state index in [0.29, 0.717) is 6.54 Å². The van der Waals surface area contributed by atoms with E-state index in [2.05, 4.69) is 17.0 Å². The third-order valence-corrected chi connectivity index (χ3v) is 6.62. The lowest BCUT2D eigenvalue weighted by molar-refractivity contribution is 0.244. The first-order valence-corrected chi connectivity index (χ1v) is 9.90. The lowest BCUT2D eigenvalue weighted by Gasteiger charge is -2.35. The van der Waals surface area contributed by atoms with E-state index in [1.165, 1.54) is 6.42 Å². The first-order valence-electron chi connectivity index (χ1n) is 8.46.